The van der Waals surface area contributed by atoms with Crippen LogP contribution in [0, 0.1) is 0 Å². The largest absolute Gasteiger partial charge is 0.359 e. The SMILES string of the molecule is CN(CCCN)c1nc(-c2ccncc2)nc2c1CCC2. The van der Waals surface area contributed by atoms with Crippen LogP contribution in [0.3, 0.4) is 0 Å². The van der Waals surface area contributed by atoms with Crippen LogP contribution in [0.4, 0.5) is 5.82 Å². The van der Waals surface area contributed by atoms with Gasteiger partial charge in [-0.05, 0) is 44.4 Å². The number of nitrogens with two attached hydrogens (primary N) is 1. The number of nitrogens with zero attached hydrogens (tertiary/aromatic N) is 4. The van der Waals surface area contributed by atoms with Gasteiger partial charge in [-0.25, -0.2) is 9.97 Å². The van der Waals surface area contributed by atoms with Gasteiger partial charge in [0.1, 0.15) is 5.82 Å². The number of hydrogen-bond donors (Lipinski definition) is 1. The minimum atomic E-state index is 0.703. The molecule has 0 spiro atoms. The van der Waals surface area contributed by atoms with E-state index in [1.807, 2.05) is 12.1 Å². The van der Waals surface area contributed by atoms with Crippen LogP contribution in [0.5, 0.6) is 0 Å². The fourth-order valence-corrected chi connectivity index (χ4v) is 2.79. The van der Waals surface area contributed by atoms with Crippen LogP contribution in [0.15, 0.2) is 24.5 Å². The van der Waals surface area contributed by atoms with Crippen molar-refractivity contribution < 1.29 is 0 Å². The average molecular weight is 283 g/mol. The summed E-state index contributed by atoms with van der Waals surface area (Å²) >= 11 is 0. The number of fused-ring (bicyclic) bond motifs is 1. The van der Waals surface area contributed by atoms with Gasteiger partial charge in [-0.15, -0.1) is 0 Å². The smallest absolute Gasteiger partial charge is 0.161 e. The van der Waals surface area contributed by atoms with E-state index in [0.717, 1.165) is 43.0 Å². The second kappa shape index (κ2) is 6.18. The monoisotopic (exact) mass is 283 g/mol. The Morgan fingerprint density at radius 2 is 2.00 bits per heavy atom. The van der Waals surface area contributed by atoms with Gasteiger partial charge in [0.15, 0.2) is 5.82 Å². The molecule has 110 valence electrons. The summed E-state index contributed by atoms with van der Waals surface area (Å²) in [5.74, 6) is 1.87. The minimum absolute atomic E-state index is 0.703. The second-order valence-corrected chi connectivity index (χ2v) is 5.45. The van der Waals surface area contributed by atoms with E-state index in [1.165, 1.54) is 17.7 Å². The van der Waals surface area contributed by atoms with Crippen LogP contribution in [-0.2, 0) is 12.8 Å². The zero-order valence-corrected chi connectivity index (χ0v) is 12.4. The molecule has 2 N–H and O–H groups in total. The molecule has 21 heavy (non-hydrogen) atoms. The zero-order valence-electron chi connectivity index (χ0n) is 12.4. The Morgan fingerprint density at radius 1 is 1.19 bits per heavy atom. The van der Waals surface area contributed by atoms with Crippen LogP contribution in [0.2, 0.25) is 0 Å². The first-order valence-electron chi connectivity index (χ1n) is 7.51. The lowest BCUT2D eigenvalue weighted by Crippen LogP contribution is -2.24. The minimum Gasteiger partial charge on any atom is -0.359 e. The Morgan fingerprint density at radius 3 is 2.76 bits per heavy atom. The normalized spacial score (nSPS) is 13.2. The van der Waals surface area contributed by atoms with Crippen LogP contribution in [0.1, 0.15) is 24.1 Å². The predicted molar refractivity (Wildman–Crippen MR) is 84.2 cm³/mol. The lowest BCUT2D eigenvalue weighted by Gasteiger charge is -2.21. The predicted octanol–water partition coefficient (Wildman–Crippen LogP) is 1.81. The number of anilines is 1. The summed E-state index contributed by atoms with van der Waals surface area (Å²) in [4.78, 5) is 15.8. The summed E-state index contributed by atoms with van der Waals surface area (Å²) in [5.41, 5.74) is 9.16. The Labute approximate surface area is 125 Å². The van der Waals surface area contributed by atoms with Crippen molar-refractivity contribution in [3.05, 3.63) is 35.8 Å². The van der Waals surface area contributed by atoms with E-state index in [2.05, 4.69) is 16.9 Å². The van der Waals surface area contributed by atoms with Crippen LogP contribution >= 0.6 is 0 Å². The summed E-state index contributed by atoms with van der Waals surface area (Å²) in [7, 11) is 2.09. The number of aromatic nitrogens is 3. The highest BCUT2D eigenvalue weighted by molar-refractivity contribution is 5.60. The van der Waals surface area contributed by atoms with E-state index in [-0.39, 0.29) is 0 Å². The Kier molecular flexibility index (Phi) is 4.10. The topological polar surface area (TPSA) is 67.9 Å². The van der Waals surface area contributed by atoms with Gasteiger partial charge in [-0.3, -0.25) is 4.98 Å². The maximum Gasteiger partial charge on any atom is 0.161 e. The summed E-state index contributed by atoms with van der Waals surface area (Å²) in [6.07, 6.45) is 7.83. The number of rotatable bonds is 5. The van der Waals surface area contributed by atoms with Crippen molar-refractivity contribution in [2.45, 2.75) is 25.7 Å². The molecule has 0 amide bonds. The molecular formula is C16H21N5. The second-order valence-electron chi connectivity index (χ2n) is 5.45. The molecule has 5 nitrogen and oxygen atoms in total. The average Bonchev–Trinajstić information content (AvgIpc) is 3.01. The Bertz CT molecular complexity index is 612. The van der Waals surface area contributed by atoms with E-state index in [1.54, 1.807) is 12.4 Å². The fourth-order valence-electron chi connectivity index (χ4n) is 2.79. The molecule has 1 aliphatic rings. The van der Waals surface area contributed by atoms with Gasteiger partial charge in [-0.2, -0.15) is 0 Å². The number of hydrogen-bond acceptors (Lipinski definition) is 5. The maximum absolute atomic E-state index is 5.62. The van der Waals surface area contributed by atoms with E-state index in [9.17, 15) is 0 Å². The molecule has 0 saturated heterocycles. The molecule has 0 radical (unpaired) electrons. The molecule has 2 heterocycles. The molecule has 0 aliphatic heterocycles. The Balaban J connectivity index is 2.00. The van der Waals surface area contributed by atoms with Gasteiger partial charge >= 0.3 is 0 Å². The first kappa shape index (κ1) is 13.9. The van der Waals surface area contributed by atoms with E-state index >= 15 is 0 Å². The van der Waals surface area contributed by atoms with Crippen LogP contribution < -0.4 is 10.6 Å². The highest BCUT2D eigenvalue weighted by Crippen LogP contribution is 2.30. The fraction of sp³-hybridized carbons (Fsp3) is 0.438. The third-order valence-corrected chi connectivity index (χ3v) is 3.91. The molecule has 0 aromatic carbocycles. The molecule has 2 aromatic rings. The van der Waals surface area contributed by atoms with E-state index in [4.69, 9.17) is 15.7 Å². The number of aryl methyl sites for hydroxylation is 1. The van der Waals surface area contributed by atoms with Crippen molar-refractivity contribution in [1.82, 2.24) is 15.0 Å². The zero-order chi connectivity index (χ0) is 14.7. The van der Waals surface area contributed by atoms with Crippen molar-refractivity contribution in [3.8, 4) is 11.4 Å². The number of pyridine rings is 1. The first-order chi connectivity index (χ1) is 10.3. The summed E-state index contributed by atoms with van der Waals surface area (Å²) in [6.45, 7) is 1.63. The molecule has 0 unspecified atom stereocenters. The molecular weight excluding hydrogens is 262 g/mol. The molecule has 2 aromatic heterocycles. The lowest BCUT2D eigenvalue weighted by atomic mass is 10.2. The lowest BCUT2D eigenvalue weighted by molar-refractivity contribution is 0.780. The van der Waals surface area contributed by atoms with Crippen molar-refractivity contribution in [2.24, 2.45) is 5.73 Å². The maximum atomic E-state index is 5.62. The molecule has 0 fully saturated rings. The summed E-state index contributed by atoms with van der Waals surface area (Å²) in [5, 5.41) is 0. The molecule has 0 bridgehead atoms. The highest BCUT2D eigenvalue weighted by atomic mass is 15.2. The first-order valence-corrected chi connectivity index (χ1v) is 7.51. The van der Waals surface area contributed by atoms with E-state index in [0.29, 0.717) is 6.54 Å². The third kappa shape index (κ3) is 2.88. The van der Waals surface area contributed by atoms with Gasteiger partial charge in [0.05, 0.1) is 0 Å². The Hall–Kier alpha value is -2.01. The van der Waals surface area contributed by atoms with Gasteiger partial charge in [-0.1, -0.05) is 0 Å². The third-order valence-electron chi connectivity index (χ3n) is 3.91. The summed E-state index contributed by atoms with van der Waals surface area (Å²) < 4.78 is 0. The van der Waals surface area contributed by atoms with Crippen molar-refractivity contribution >= 4 is 5.82 Å². The van der Waals surface area contributed by atoms with Gasteiger partial charge < -0.3 is 10.6 Å². The van der Waals surface area contributed by atoms with Crippen molar-refractivity contribution in [3.63, 3.8) is 0 Å². The summed E-state index contributed by atoms with van der Waals surface area (Å²) in [6, 6.07) is 3.92. The van der Waals surface area contributed by atoms with Crippen LogP contribution in [0.25, 0.3) is 11.4 Å². The quantitative estimate of drug-likeness (QED) is 0.906. The molecule has 3 rings (SSSR count). The van der Waals surface area contributed by atoms with Crippen LogP contribution in [-0.4, -0.2) is 35.1 Å². The molecule has 0 saturated carbocycles. The van der Waals surface area contributed by atoms with Gasteiger partial charge in [0, 0.05) is 42.8 Å². The standard InChI is InChI=1S/C16H21N5/c1-21(11-3-8-17)16-13-4-2-5-14(13)19-15(20-16)12-6-9-18-10-7-12/h6-7,9-10H,2-5,8,11,17H2,1H3. The highest BCUT2D eigenvalue weighted by Gasteiger charge is 2.21. The van der Waals surface area contributed by atoms with Crippen molar-refractivity contribution in [2.75, 3.05) is 25.0 Å². The van der Waals surface area contributed by atoms with Gasteiger partial charge in [0.2, 0.25) is 0 Å². The molecule has 5 heteroatoms. The van der Waals surface area contributed by atoms with Crippen molar-refractivity contribution in [1.29, 1.82) is 0 Å². The molecule has 1 aliphatic carbocycles. The van der Waals surface area contributed by atoms with Gasteiger partial charge in [0.25, 0.3) is 0 Å². The molecule has 0 atom stereocenters. The van der Waals surface area contributed by atoms with E-state index < -0.39 is 0 Å².